The summed E-state index contributed by atoms with van der Waals surface area (Å²) in [5.74, 6) is -0.276. The average molecular weight is 195 g/mol. The van der Waals surface area contributed by atoms with Gasteiger partial charge in [-0.1, -0.05) is 6.92 Å². The Kier molecular flexibility index (Phi) is 3.39. The van der Waals surface area contributed by atoms with Crippen LogP contribution in [0.15, 0.2) is 18.6 Å². The number of nitrogens with zero attached hydrogens (tertiary/aromatic N) is 3. The lowest BCUT2D eigenvalue weighted by Gasteiger charge is -2.23. The second-order valence-corrected chi connectivity index (χ2v) is 2.94. The van der Waals surface area contributed by atoms with Gasteiger partial charge < -0.3 is 10.0 Å². The van der Waals surface area contributed by atoms with E-state index in [1.165, 1.54) is 0 Å². The van der Waals surface area contributed by atoms with Crippen molar-refractivity contribution >= 4 is 11.8 Å². The molecule has 0 aliphatic carbocycles. The van der Waals surface area contributed by atoms with Crippen molar-refractivity contribution in [3.8, 4) is 0 Å². The third kappa shape index (κ3) is 2.18. The van der Waals surface area contributed by atoms with Crippen molar-refractivity contribution in [3.63, 3.8) is 0 Å². The Balaban J connectivity index is 2.83. The van der Waals surface area contributed by atoms with Gasteiger partial charge in [0.1, 0.15) is 11.9 Å². The highest BCUT2D eigenvalue weighted by molar-refractivity contribution is 5.77. The lowest BCUT2D eigenvalue weighted by Crippen LogP contribution is -2.38. The summed E-state index contributed by atoms with van der Waals surface area (Å²) in [6, 6.07) is -0.549. The Morgan fingerprint density at radius 2 is 2.36 bits per heavy atom. The molecule has 1 aromatic rings. The molecule has 0 fully saturated rings. The summed E-state index contributed by atoms with van der Waals surface area (Å²) in [5, 5.41) is 8.92. The number of likely N-dealkylation sites (N-methyl/N-ethyl adjacent to an activating group) is 1. The zero-order valence-corrected chi connectivity index (χ0v) is 8.21. The molecular formula is C9H13N3O2. The van der Waals surface area contributed by atoms with Crippen LogP contribution in [0.4, 0.5) is 5.82 Å². The molecular weight excluding hydrogens is 182 g/mol. The van der Waals surface area contributed by atoms with Gasteiger partial charge in [-0.15, -0.1) is 0 Å². The normalized spacial score (nSPS) is 12.1. The number of hydrogen-bond acceptors (Lipinski definition) is 4. The number of carboxylic acids is 1. The van der Waals surface area contributed by atoms with E-state index >= 15 is 0 Å². The summed E-state index contributed by atoms with van der Waals surface area (Å²) in [5.41, 5.74) is 0. The van der Waals surface area contributed by atoms with E-state index < -0.39 is 12.0 Å². The van der Waals surface area contributed by atoms with Crippen LogP contribution in [0.2, 0.25) is 0 Å². The van der Waals surface area contributed by atoms with E-state index in [0.717, 1.165) is 0 Å². The first kappa shape index (κ1) is 10.4. The minimum atomic E-state index is -0.847. The molecule has 1 unspecified atom stereocenters. The van der Waals surface area contributed by atoms with Gasteiger partial charge in [-0.3, -0.25) is 4.98 Å². The van der Waals surface area contributed by atoms with Crippen molar-refractivity contribution in [2.75, 3.05) is 11.9 Å². The Labute approximate surface area is 82.4 Å². The van der Waals surface area contributed by atoms with Crippen LogP contribution in [0.5, 0.6) is 0 Å². The molecule has 0 spiro atoms. The lowest BCUT2D eigenvalue weighted by molar-refractivity contribution is -0.138. The largest absolute Gasteiger partial charge is 0.480 e. The zero-order chi connectivity index (χ0) is 10.6. The van der Waals surface area contributed by atoms with Crippen LogP contribution in [0.1, 0.15) is 13.3 Å². The van der Waals surface area contributed by atoms with Crippen molar-refractivity contribution < 1.29 is 9.90 Å². The summed E-state index contributed by atoms with van der Waals surface area (Å²) in [6.45, 7) is 1.83. The standard InChI is InChI=1S/C9H13N3O2/c1-3-7(9(13)14)12(2)8-6-10-4-5-11-8/h4-7H,3H2,1-2H3,(H,13,14). The van der Waals surface area contributed by atoms with E-state index in [4.69, 9.17) is 5.11 Å². The van der Waals surface area contributed by atoms with Crippen LogP contribution in [-0.2, 0) is 4.79 Å². The third-order valence-corrected chi connectivity index (χ3v) is 2.05. The zero-order valence-electron chi connectivity index (χ0n) is 8.21. The molecule has 76 valence electrons. The SMILES string of the molecule is CCC(C(=O)O)N(C)c1cnccn1. The number of aromatic nitrogens is 2. The van der Waals surface area contributed by atoms with Crippen LogP contribution in [0.3, 0.4) is 0 Å². The fourth-order valence-corrected chi connectivity index (χ4v) is 1.25. The Morgan fingerprint density at radius 1 is 1.64 bits per heavy atom. The smallest absolute Gasteiger partial charge is 0.326 e. The van der Waals surface area contributed by atoms with E-state index in [9.17, 15) is 4.79 Å². The molecule has 1 atom stereocenters. The number of aliphatic carboxylic acids is 1. The van der Waals surface area contributed by atoms with Crippen molar-refractivity contribution in [2.24, 2.45) is 0 Å². The first-order valence-corrected chi connectivity index (χ1v) is 4.38. The molecule has 0 amide bonds. The number of carbonyl (C=O) groups is 1. The first-order valence-electron chi connectivity index (χ1n) is 4.38. The Hall–Kier alpha value is -1.65. The van der Waals surface area contributed by atoms with Gasteiger partial charge in [-0.05, 0) is 6.42 Å². The molecule has 0 radical (unpaired) electrons. The molecule has 5 nitrogen and oxygen atoms in total. The predicted molar refractivity (Wildman–Crippen MR) is 52.1 cm³/mol. The fourth-order valence-electron chi connectivity index (χ4n) is 1.25. The summed E-state index contributed by atoms with van der Waals surface area (Å²) < 4.78 is 0. The van der Waals surface area contributed by atoms with Crippen molar-refractivity contribution in [3.05, 3.63) is 18.6 Å². The van der Waals surface area contributed by atoms with Gasteiger partial charge >= 0.3 is 5.97 Å². The summed E-state index contributed by atoms with van der Waals surface area (Å²) in [6.07, 6.45) is 5.17. The number of hydrogen-bond donors (Lipinski definition) is 1. The van der Waals surface area contributed by atoms with Gasteiger partial charge in [0.15, 0.2) is 0 Å². The number of anilines is 1. The minimum absolute atomic E-state index is 0.530. The van der Waals surface area contributed by atoms with Crippen LogP contribution < -0.4 is 4.90 Å². The van der Waals surface area contributed by atoms with Gasteiger partial charge in [-0.2, -0.15) is 0 Å². The Bertz CT molecular complexity index is 302. The molecule has 1 rings (SSSR count). The average Bonchev–Trinajstić information content (AvgIpc) is 2.19. The summed E-state index contributed by atoms with van der Waals surface area (Å²) >= 11 is 0. The maximum Gasteiger partial charge on any atom is 0.326 e. The van der Waals surface area contributed by atoms with Crippen LogP contribution in [0, 0.1) is 0 Å². The molecule has 1 heterocycles. The minimum Gasteiger partial charge on any atom is -0.480 e. The Morgan fingerprint density at radius 3 is 2.79 bits per heavy atom. The highest BCUT2D eigenvalue weighted by atomic mass is 16.4. The second kappa shape index (κ2) is 4.55. The maximum atomic E-state index is 10.9. The van der Waals surface area contributed by atoms with Crippen LogP contribution in [-0.4, -0.2) is 34.1 Å². The van der Waals surface area contributed by atoms with Gasteiger partial charge in [0.05, 0.1) is 6.20 Å². The summed E-state index contributed by atoms with van der Waals surface area (Å²) in [7, 11) is 1.70. The highest BCUT2D eigenvalue weighted by Crippen LogP contribution is 2.11. The molecule has 0 aromatic carbocycles. The number of carboxylic acid groups (broad SMARTS) is 1. The number of rotatable bonds is 4. The van der Waals surface area contributed by atoms with E-state index in [1.54, 1.807) is 30.5 Å². The van der Waals surface area contributed by atoms with Crippen LogP contribution in [0.25, 0.3) is 0 Å². The lowest BCUT2D eigenvalue weighted by atomic mass is 10.2. The molecule has 14 heavy (non-hydrogen) atoms. The molecule has 5 heteroatoms. The fraction of sp³-hybridized carbons (Fsp3) is 0.444. The quantitative estimate of drug-likeness (QED) is 0.768. The van der Waals surface area contributed by atoms with Gasteiger partial charge in [0.2, 0.25) is 0 Å². The molecule has 0 saturated carbocycles. The van der Waals surface area contributed by atoms with E-state index in [1.807, 2.05) is 6.92 Å². The van der Waals surface area contributed by atoms with Gasteiger partial charge in [0.25, 0.3) is 0 Å². The topological polar surface area (TPSA) is 66.3 Å². The van der Waals surface area contributed by atoms with E-state index in [0.29, 0.717) is 12.2 Å². The second-order valence-electron chi connectivity index (χ2n) is 2.94. The molecule has 0 bridgehead atoms. The van der Waals surface area contributed by atoms with Crippen molar-refractivity contribution in [2.45, 2.75) is 19.4 Å². The molecule has 1 aromatic heterocycles. The molecule has 1 N–H and O–H groups in total. The monoisotopic (exact) mass is 195 g/mol. The predicted octanol–water partition coefficient (Wildman–Crippen LogP) is 0.776. The molecule has 0 saturated heterocycles. The van der Waals surface area contributed by atoms with Crippen LogP contribution >= 0.6 is 0 Å². The summed E-state index contributed by atoms with van der Waals surface area (Å²) in [4.78, 5) is 20.4. The van der Waals surface area contributed by atoms with E-state index in [-0.39, 0.29) is 0 Å². The van der Waals surface area contributed by atoms with E-state index in [2.05, 4.69) is 9.97 Å². The molecule has 0 aliphatic rings. The van der Waals surface area contributed by atoms with Crippen molar-refractivity contribution in [1.29, 1.82) is 0 Å². The van der Waals surface area contributed by atoms with Crippen molar-refractivity contribution in [1.82, 2.24) is 9.97 Å². The highest BCUT2D eigenvalue weighted by Gasteiger charge is 2.21. The van der Waals surface area contributed by atoms with Gasteiger partial charge in [0, 0.05) is 19.4 Å². The molecule has 0 aliphatic heterocycles. The van der Waals surface area contributed by atoms with Gasteiger partial charge in [-0.25, -0.2) is 9.78 Å². The first-order chi connectivity index (χ1) is 6.66. The third-order valence-electron chi connectivity index (χ3n) is 2.05. The maximum absolute atomic E-state index is 10.9.